The van der Waals surface area contributed by atoms with Crippen LogP contribution in [0.5, 0.6) is 0 Å². The molecule has 1 aromatic carbocycles. The number of aromatic nitrogens is 3. The molecule has 1 aliphatic rings. The molecule has 0 spiro atoms. The summed E-state index contributed by atoms with van der Waals surface area (Å²) in [6.07, 6.45) is -4.98. The van der Waals surface area contributed by atoms with Crippen LogP contribution in [0.15, 0.2) is 35.4 Å². The largest absolute Gasteiger partial charge is 0.463 e. The minimum Gasteiger partial charge on any atom is -0.463 e. The Kier molecular flexibility index (Phi) is 14.5. The Morgan fingerprint density at radius 1 is 0.740 bits per heavy atom. The first kappa shape index (κ1) is 40.5. The van der Waals surface area contributed by atoms with Crippen molar-refractivity contribution in [1.82, 2.24) is 15.0 Å². The molecule has 16 heteroatoms. The van der Waals surface area contributed by atoms with E-state index in [4.69, 9.17) is 28.8 Å². The maximum absolute atomic E-state index is 13.2. The van der Waals surface area contributed by atoms with Crippen LogP contribution in [0.2, 0.25) is 0 Å². The van der Waals surface area contributed by atoms with Crippen LogP contribution in [0.4, 0.5) is 0 Å². The van der Waals surface area contributed by atoms with Gasteiger partial charge in [-0.25, -0.2) is 18.2 Å². The second-order valence-corrected chi connectivity index (χ2v) is 15.7. The first-order valence-electron chi connectivity index (χ1n) is 16.8. The third kappa shape index (κ3) is 12.2. The fourth-order valence-electron chi connectivity index (χ4n) is 5.16. The number of sulfonamides is 1. The van der Waals surface area contributed by atoms with Crippen LogP contribution in [0, 0.1) is 23.7 Å². The lowest BCUT2D eigenvalue weighted by Crippen LogP contribution is -2.61. The second-order valence-electron chi connectivity index (χ2n) is 14.2. The van der Waals surface area contributed by atoms with Crippen molar-refractivity contribution in [2.24, 2.45) is 28.8 Å². The number of esters is 4. The van der Waals surface area contributed by atoms with Gasteiger partial charge in [-0.3, -0.25) is 19.2 Å². The molecule has 15 nitrogen and oxygen atoms in total. The molecule has 0 radical (unpaired) electrons. The summed E-state index contributed by atoms with van der Waals surface area (Å²) in [5, 5.41) is 13.7. The monoisotopic (exact) mass is 722 g/mol. The highest BCUT2D eigenvalue weighted by atomic mass is 32.2. The Labute approximate surface area is 293 Å². The van der Waals surface area contributed by atoms with Crippen molar-refractivity contribution in [2.45, 2.75) is 117 Å². The van der Waals surface area contributed by atoms with E-state index >= 15 is 0 Å². The third-order valence-corrected chi connectivity index (χ3v) is 8.30. The molecular formula is C34H50N4O11S. The fourth-order valence-corrected chi connectivity index (χ4v) is 5.68. The molecule has 0 saturated carbocycles. The molecule has 2 aromatic rings. The van der Waals surface area contributed by atoms with Crippen molar-refractivity contribution >= 4 is 33.9 Å². The number of nitrogens with zero attached hydrogens (tertiary/aromatic N) is 3. The van der Waals surface area contributed by atoms with Gasteiger partial charge in [-0.15, -0.1) is 5.10 Å². The van der Waals surface area contributed by atoms with Gasteiger partial charge in [-0.1, -0.05) is 72.7 Å². The smallest absolute Gasteiger partial charge is 0.306 e. The number of ether oxygens (including phenoxy) is 5. The average molecular weight is 723 g/mol. The minimum absolute atomic E-state index is 0.00396. The highest BCUT2D eigenvalue weighted by Crippen LogP contribution is 2.36. The van der Waals surface area contributed by atoms with E-state index in [1.54, 1.807) is 0 Å². The van der Waals surface area contributed by atoms with Crippen LogP contribution in [-0.2, 0) is 52.9 Å². The minimum atomic E-state index is -3.93. The molecule has 1 fully saturated rings. The molecule has 1 aliphatic heterocycles. The van der Waals surface area contributed by atoms with Gasteiger partial charge in [0.15, 0.2) is 24.5 Å². The predicted octanol–water partition coefficient (Wildman–Crippen LogP) is 3.95. The maximum atomic E-state index is 13.2. The predicted molar refractivity (Wildman–Crippen MR) is 179 cm³/mol. The van der Waals surface area contributed by atoms with Crippen molar-refractivity contribution in [3.05, 3.63) is 30.5 Å². The van der Waals surface area contributed by atoms with E-state index in [2.05, 4.69) is 10.3 Å². The topological polar surface area (TPSA) is 205 Å². The average Bonchev–Trinajstić information content (AvgIpc) is 3.46. The zero-order valence-electron chi connectivity index (χ0n) is 29.9. The summed E-state index contributed by atoms with van der Waals surface area (Å²) < 4.78 is 54.6. The van der Waals surface area contributed by atoms with Crippen molar-refractivity contribution < 1.29 is 51.3 Å². The highest BCUT2D eigenvalue weighted by Gasteiger charge is 2.54. The quantitative estimate of drug-likeness (QED) is 0.193. The maximum Gasteiger partial charge on any atom is 0.306 e. The van der Waals surface area contributed by atoms with Crippen LogP contribution in [0.1, 0.15) is 87.3 Å². The number of nitrogens with two attached hydrogens (primary N) is 1. The number of primary sulfonamides is 1. The molecule has 50 heavy (non-hydrogen) atoms. The molecule has 3 rings (SSSR count). The highest BCUT2D eigenvalue weighted by molar-refractivity contribution is 7.89. The van der Waals surface area contributed by atoms with Crippen molar-refractivity contribution in [3.8, 4) is 11.3 Å². The fraction of sp³-hybridized carbons (Fsp3) is 0.647. The second kappa shape index (κ2) is 17.9. The lowest BCUT2D eigenvalue weighted by atomic mass is 9.96. The van der Waals surface area contributed by atoms with Gasteiger partial charge in [-0.2, -0.15) is 0 Å². The summed E-state index contributed by atoms with van der Waals surface area (Å²) in [6, 6.07) is 5.62. The van der Waals surface area contributed by atoms with Gasteiger partial charge in [-0.05, 0) is 35.8 Å². The molecule has 0 aliphatic carbocycles. The molecule has 2 N–H and O–H groups in total. The number of rotatable bonds is 16. The van der Waals surface area contributed by atoms with Gasteiger partial charge >= 0.3 is 23.9 Å². The molecule has 1 saturated heterocycles. The molecule has 0 unspecified atom stereocenters. The summed E-state index contributed by atoms with van der Waals surface area (Å²) in [5.41, 5.74) is 0.771. The van der Waals surface area contributed by atoms with Crippen LogP contribution < -0.4 is 5.14 Å². The lowest BCUT2D eigenvalue weighted by Gasteiger charge is -2.44. The summed E-state index contributed by atoms with van der Waals surface area (Å²) >= 11 is 0. The van der Waals surface area contributed by atoms with E-state index in [0.717, 1.165) is 0 Å². The number of carbonyl (C=O) groups is 4. The van der Waals surface area contributed by atoms with Gasteiger partial charge in [0.1, 0.15) is 18.4 Å². The number of hydrogen-bond donors (Lipinski definition) is 1. The Balaban J connectivity index is 2.14. The molecular weight excluding hydrogens is 672 g/mol. The van der Waals surface area contributed by atoms with Gasteiger partial charge < -0.3 is 23.7 Å². The van der Waals surface area contributed by atoms with E-state index in [0.29, 0.717) is 11.3 Å². The molecule has 0 amide bonds. The summed E-state index contributed by atoms with van der Waals surface area (Å²) in [7, 11) is -3.93. The molecule has 5 atom stereocenters. The van der Waals surface area contributed by atoms with E-state index in [9.17, 15) is 27.6 Å². The number of benzene rings is 1. The van der Waals surface area contributed by atoms with Crippen LogP contribution >= 0.6 is 0 Å². The van der Waals surface area contributed by atoms with Gasteiger partial charge in [0, 0.05) is 31.2 Å². The van der Waals surface area contributed by atoms with Crippen LogP contribution in [0.25, 0.3) is 11.3 Å². The summed E-state index contributed by atoms with van der Waals surface area (Å²) in [6.45, 7) is 14.3. The first-order chi connectivity index (χ1) is 23.3. The molecule has 2 heterocycles. The Bertz CT molecular complexity index is 1570. The Hall–Kier alpha value is -3.89. The lowest BCUT2D eigenvalue weighted by molar-refractivity contribution is -0.272. The van der Waals surface area contributed by atoms with E-state index in [1.165, 1.54) is 35.1 Å². The standard InChI is InChI=1S/C34H50N4O11S/c1-19(2)13-27(39)45-18-26-31(47-28(40)14-20(3)4)32(48-29(41)15-21(5)6)33(49-30(42)16-22(7)8)34(46-26)38-17-25(36-37-38)23-9-11-24(12-10-23)50(35,43)44/h9-12,17,19-22,26,31-34H,13-16,18H2,1-8H3,(H2,35,43,44)/t26-,31+,32+,33-,34-/m1/s1. The summed E-state index contributed by atoms with van der Waals surface area (Å²) in [5.74, 6) is -2.64. The van der Waals surface area contributed by atoms with Gasteiger partial charge in [0.05, 0.1) is 11.1 Å². The van der Waals surface area contributed by atoms with Gasteiger partial charge in [0.25, 0.3) is 0 Å². The van der Waals surface area contributed by atoms with E-state index in [1.807, 2.05) is 55.4 Å². The molecule has 278 valence electrons. The van der Waals surface area contributed by atoms with Crippen LogP contribution in [0.3, 0.4) is 0 Å². The van der Waals surface area contributed by atoms with Crippen molar-refractivity contribution in [1.29, 1.82) is 0 Å². The van der Waals surface area contributed by atoms with Crippen LogP contribution in [-0.4, -0.2) is 78.3 Å². The van der Waals surface area contributed by atoms with E-state index in [-0.39, 0.29) is 60.9 Å². The number of hydrogen-bond acceptors (Lipinski definition) is 13. The zero-order valence-corrected chi connectivity index (χ0v) is 30.8. The zero-order chi connectivity index (χ0) is 37.3. The normalized spacial score (nSPS) is 21.0. The van der Waals surface area contributed by atoms with Gasteiger partial charge in [0.2, 0.25) is 10.0 Å². The third-order valence-electron chi connectivity index (χ3n) is 7.37. The SMILES string of the molecule is CC(C)CC(=O)OC[C@H]1O[C@@H](n2cc(-c3ccc(S(N)(=O)=O)cc3)nn2)[C@H](OC(=O)CC(C)C)[C@@H](OC(=O)CC(C)C)[C@H]1OC(=O)CC(C)C. The molecule has 0 bridgehead atoms. The Morgan fingerprint density at radius 3 is 1.68 bits per heavy atom. The number of carbonyl (C=O) groups excluding carboxylic acids is 4. The van der Waals surface area contributed by atoms with Crippen molar-refractivity contribution in [3.63, 3.8) is 0 Å². The summed E-state index contributed by atoms with van der Waals surface area (Å²) in [4.78, 5) is 52.1. The Morgan fingerprint density at radius 2 is 1.20 bits per heavy atom. The molecule has 1 aromatic heterocycles. The van der Waals surface area contributed by atoms with E-state index < -0.39 is 64.5 Å². The van der Waals surface area contributed by atoms with Crippen molar-refractivity contribution in [2.75, 3.05) is 6.61 Å². The first-order valence-corrected chi connectivity index (χ1v) is 18.3.